The maximum Gasteiger partial charge on any atom is 0.287 e. The summed E-state index contributed by atoms with van der Waals surface area (Å²) in [7, 11) is -3.50. The molecule has 1 aromatic carbocycles. The van der Waals surface area contributed by atoms with Crippen molar-refractivity contribution in [3.05, 3.63) is 41.2 Å². The second kappa shape index (κ2) is 8.32. The molecule has 0 atom stereocenters. The number of hydrogen-bond acceptors (Lipinski definition) is 4. The lowest BCUT2D eigenvalue weighted by atomic mass is 9.97. The molecular weight excluding hydrogens is 388 g/mol. The van der Waals surface area contributed by atoms with Crippen molar-refractivity contribution < 1.29 is 17.6 Å². The minimum absolute atomic E-state index is 0.251. The van der Waals surface area contributed by atoms with Gasteiger partial charge in [-0.1, -0.05) is 11.6 Å². The van der Waals surface area contributed by atoms with E-state index in [0.29, 0.717) is 36.2 Å². The van der Waals surface area contributed by atoms with Crippen LogP contribution >= 0.6 is 0 Å². The molecule has 0 saturated carbocycles. The quantitative estimate of drug-likeness (QED) is 0.718. The summed E-state index contributed by atoms with van der Waals surface area (Å²) in [6.45, 7) is 3.51. The number of nitrogens with one attached hydrogen (secondary N) is 1. The van der Waals surface area contributed by atoms with Gasteiger partial charge in [-0.2, -0.15) is 4.31 Å². The summed E-state index contributed by atoms with van der Waals surface area (Å²) in [6.07, 6.45) is 9.67. The zero-order chi connectivity index (χ0) is 20.4. The Morgan fingerprint density at radius 1 is 1.17 bits per heavy atom. The fraction of sp³-hybridized carbons (Fsp3) is 0.500. The summed E-state index contributed by atoms with van der Waals surface area (Å²) in [5.41, 5.74) is 2.62. The standard InChI is InChI=1S/C22H28N2O4S/c1-16-19-15-18(29(26,27)24-13-5-6-14-24)9-10-20(19)28-21(16)22(25)23-12-11-17-7-3-2-4-8-17/h7,9-10,15H,2-6,8,11-14H2,1H3,(H,23,25). The van der Waals surface area contributed by atoms with Crippen LogP contribution in [0.15, 0.2) is 39.2 Å². The van der Waals surface area contributed by atoms with Crippen molar-refractivity contribution in [1.82, 2.24) is 9.62 Å². The number of aryl methyl sites for hydroxylation is 1. The van der Waals surface area contributed by atoms with Gasteiger partial charge in [0.05, 0.1) is 4.90 Å². The van der Waals surface area contributed by atoms with Crippen molar-refractivity contribution in [2.24, 2.45) is 0 Å². The molecule has 156 valence electrons. The summed E-state index contributed by atoms with van der Waals surface area (Å²) in [5.74, 6) is 0.00686. The predicted molar refractivity (Wildman–Crippen MR) is 112 cm³/mol. The summed E-state index contributed by atoms with van der Waals surface area (Å²) in [6, 6.07) is 4.84. The molecule has 1 fully saturated rings. The molecule has 0 unspecified atom stereocenters. The Morgan fingerprint density at radius 2 is 1.97 bits per heavy atom. The molecule has 2 heterocycles. The number of nitrogens with zero attached hydrogens (tertiary/aromatic N) is 1. The van der Waals surface area contributed by atoms with Gasteiger partial charge in [-0.3, -0.25) is 4.79 Å². The molecule has 4 rings (SSSR count). The molecule has 29 heavy (non-hydrogen) atoms. The molecule has 7 heteroatoms. The molecule has 0 bridgehead atoms. The van der Waals surface area contributed by atoms with Gasteiger partial charge in [0.25, 0.3) is 5.91 Å². The number of allylic oxidation sites excluding steroid dienone is 1. The van der Waals surface area contributed by atoms with E-state index in [1.54, 1.807) is 25.1 Å². The number of sulfonamides is 1. The van der Waals surface area contributed by atoms with Crippen LogP contribution in [0.2, 0.25) is 0 Å². The van der Waals surface area contributed by atoms with E-state index in [-0.39, 0.29) is 16.6 Å². The average molecular weight is 417 g/mol. The summed E-state index contributed by atoms with van der Waals surface area (Å²) >= 11 is 0. The van der Waals surface area contributed by atoms with Crippen molar-refractivity contribution >= 4 is 26.9 Å². The SMILES string of the molecule is Cc1c(C(=O)NCCC2=CCCCC2)oc2ccc(S(=O)(=O)N3CCCC3)cc12. The minimum Gasteiger partial charge on any atom is -0.451 e. The van der Waals surface area contributed by atoms with E-state index >= 15 is 0 Å². The number of benzene rings is 1. The van der Waals surface area contributed by atoms with Gasteiger partial charge in [0.2, 0.25) is 10.0 Å². The average Bonchev–Trinajstić information content (AvgIpc) is 3.38. The summed E-state index contributed by atoms with van der Waals surface area (Å²) in [5, 5.41) is 3.61. The first kappa shape index (κ1) is 20.2. The van der Waals surface area contributed by atoms with Gasteiger partial charge in [-0.05, 0) is 70.1 Å². The number of fused-ring (bicyclic) bond motifs is 1. The molecular formula is C22H28N2O4S. The lowest BCUT2D eigenvalue weighted by molar-refractivity contribution is 0.0927. The van der Waals surface area contributed by atoms with Crippen LogP contribution in [0, 0.1) is 6.92 Å². The fourth-order valence-electron chi connectivity index (χ4n) is 4.20. The van der Waals surface area contributed by atoms with Crippen molar-refractivity contribution in [3.63, 3.8) is 0 Å². The van der Waals surface area contributed by atoms with Crippen LogP contribution in [0.3, 0.4) is 0 Å². The molecule has 2 aromatic rings. The number of hydrogen-bond donors (Lipinski definition) is 1. The Kier molecular flexibility index (Phi) is 5.79. The molecule has 1 aliphatic heterocycles. The van der Waals surface area contributed by atoms with Crippen LogP contribution in [0.25, 0.3) is 11.0 Å². The second-order valence-corrected chi connectivity index (χ2v) is 9.88. The summed E-state index contributed by atoms with van der Waals surface area (Å²) in [4.78, 5) is 12.9. The van der Waals surface area contributed by atoms with Crippen LogP contribution < -0.4 is 5.32 Å². The van der Waals surface area contributed by atoms with Crippen LogP contribution in [-0.4, -0.2) is 38.3 Å². The third-order valence-electron chi connectivity index (χ3n) is 5.93. The van der Waals surface area contributed by atoms with Crippen molar-refractivity contribution in [2.45, 2.75) is 56.8 Å². The van der Waals surface area contributed by atoms with E-state index in [4.69, 9.17) is 4.42 Å². The van der Waals surface area contributed by atoms with Gasteiger partial charge in [-0.15, -0.1) is 0 Å². The van der Waals surface area contributed by atoms with E-state index in [9.17, 15) is 13.2 Å². The number of rotatable bonds is 6. The Bertz CT molecular complexity index is 1050. The first-order valence-corrected chi connectivity index (χ1v) is 11.9. The lowest BCUT2D eigenvalue weighted by Gasteiger charge is -2.15. The summed E-state index contributed by atoms with van der Waals surface area (Å²) < 4.78 is 33.0. The molecule has 6 nitrogen and oxygen atoms in total. The van der Waals surface area contributed by atoms with Crippen LogP contribution in [0.1, 0.15) is 61.1 Å². The highest BCUT2D eigenvalue weighted by molar-refractivity contribution is 7.89. The van der Waals surface area contributed by atoms with Crippen molar-refractivity contribution in [3.8, 4) is 0 Å². The normalized spacial score (nSPS) is 18.2. The van der Waals surface area contributed by atoms with E-state index < -0.39 is 10.0 Å². The third kappa shape index (κ3) is 4.12. The third-order valence-corrected chi connectivity index (χ3v) is 7.83. The monoisotopic (exact) mass is 416 g/mol. The number of carbonyl (C=O) groups is 1. The second-order valence-electron chi connectivity index (χ2n) is 7.94. The molecule has 1 saturated heterocycles. The van der Waals surface area contributed by atoms with Crippen LogP contribution in [0.4, 0.5) is 0 Å². The van der Waals surface area contributed by atoms with Gasteiger partial charge >= 0.3 is 0 Å². The topological polar surface area (TPSA) is 79.6 Å². The van der Waals surface area contributed by atoms with Crippen LogP contribution in [-0.2, 0) is 10.0 Å². The first-order valence-electron chi connectivity index (χ1n) is 10.5. The molecule has 0 spiro atoms. The van der Waals surface area contributed by atoms with Gasteiger partial charge in [0.1, 0.15) is 5.58 Å². The van der Waals surface area contributed by atoms with Crippen molar-refractivity contribution in [1.29, 1.82) is 0 Å². The van der Waals surface area contributed by atoms with Gasteiger partial charge in [0, 0.05) is 30.6 Å². The molecule has 0 radical (unpaired) electrons. The number of furan rings is 1. The highest BCUT2D eigenvalue weighted by Crippen LogP contribution is 2.30. The fourth-order valence-corrected chi connectivity index (χ4v) is 5.75. The predicted octanol–water partition coefficient (Wildman–Crippen LogP) is 4.15. The molecule has 1 aromatic heterocycles. The Labute approximate surface area is 172 Å². The maximum atomic E-state index is 12.8. The van der Waals surface area contributed by atoms with Crippen molar-refractivity contribution in [2.75, 3.05) is 19.6 Å². The maximum absolute atomic E-state index is 12.8. The lowest BCUT2D eigenvalue weighted by Crippen LogP contribution is -2.27. The molecule has 1 amide bonds. The molecule has 2 aliphatic rings. The Hall–Kier alpha value is -2.12. The highest BCUT2D eigenvalue weighted by Gasteiger charge is 2.28. The molecule has 1 aliphatic carbocycles. The van der Waals surface area contributed by atoms with E-state index in [1.807, 2.05) is 0 Å². The smallest absolute Gasteiger partial charge is 0.287 e. The highest BCUT2D eigenvalue weighted by atomic mass is 32.2. The van der Waals surface area contributed by atoms with E-state index in [0.717, 1.165) is 32.1 Å². The first-order chi connectivity index (χ1) is 14.0. The van der Waals surface area contributed by atoms with E-state index in [1.165, 1.54) is 22.7 Å². The Balaban J connectivity index is 1.51. The molecule has 1 N–H and O–H groups in total. The largest absolute Gasteiger partial charge is 0.451 e. The van der Waals surface area contributed by atoms with Gasteiger partial charge in [0.15, 0.2) is 5.76 Å². The van der Waals surface area contributed by atoms with Gasteiger partial charge < -0.3 is 9.73 Å². The number of carbonyl (C=O) groups excluding carboxylic acids is 1. The van der Waals surface area contributed by atoms with Crippen LogP contribution in [0.5, 0.6) is 0 Å². The van der Waals surface area contributed by atoms with Gasteiger partial charge in [-0.25, -0.2) is 8.42 Å². The zero-order valence-electron chi connectivity index (χ0n) is 16.9. The zero-order valence-corrected chi connectivity index (χ0v) is 17.7. The van der Waals surface area contributed by atoms with E-state index in [2.05, 4.69) is 11.4 Å². The Morgan fingerprint density at radius 3 is 2.69 bits per heavy atom. The number of amides is 1. The minimum atomic E-state index is -3.50.